The first-order valence-corrected chi connectivity index (χ1v) is 12.0. The van der Waals surface area contributed by atoms with Crippen molar-refractivity contribution in [1.82, 2.24) is 4.98 Å². The second-order valence-electron chi connectivity index (χ2n) is 5.86. The van der Waals surface area contributed by atoms with Gasteiger partial charge in [-0.05, 0) is 42.5 Å². The molecule has 0 fully saturated rings. The van der Waals surface area contributed by atoms with E-state index in [0.717, 1.165) is 0 Å². The van der Waals surface area contributed by atoms with Crippen molar-refractivity contribution in [2.45, 2.75) is 9.79 Å². The minimum atomic E-state index is -4.13. The molecule has 8 nitrogen and oxygen atoms in total. The molecule has 1 heterocycles. The molecular weight excluding hydrogens is 473 g/mol. The first kappa shape index (κ1) is 22.2. The molecule has 158 valence electrons. The molecule has 0 aliphatic carbocycles. The van der Waals surface area contributed by atoms with E-state index in [1.54, 1.807) is 24.3 Å². The topological polar surface area (TPSA) is 114 Å². The molecule has 3 aromatic rings. The van der Waals surface area contributed by atoms with Crippen LogP contribution in [0.3, 0.4) is 0 Å². The highest BCUT2D eigenvalue weighted by Crippen LogP contribution is 2.28. The van der Waals surface area contributed by atoms with Gasteiger partial charge in [0.2, 0.25) is 0 Å². The monoisotopic (exact) mass is 487 g/mol. The van der Waals surface area contributed by atoms with Crippen LogP contribution >= 0.6 is 23.2 Å². The molecule has 0 amide bonds. The van der Waals surface area contributed by atoms with Gasteiger partial charge in [-0.25, -0.2) is 21.8 Å². The maximum atomic E-state index is 12.8. The highest BCUT2D eigenvalue weighted by Gasteiger charge is 2.21. The van der Waals surface area contributed by atoms with E-state index in [1.807, 2.05) is 0 Å². The molecule has 0 radical (unpaired) electrons. The van der Waals surface area contributed by atoms with Crippen LogP contribution < -0.4 is 14.2 Å². The standard InChI is InChI=1S/C18H15Cl2N3O5S2/c1-28-15-8-3-2-7-14(15)23-29(24,25)13-6-4-5-12(11-13)22-30(26,27)16-9-10-17(19)21-18(16)20/h2-11,22-23H,1H3. The molecular formula is C18H15Cl2N3O5S2. The van der Waals surface area contributed by atoms with Crippen LogP contribution in [-0.4, -0.2) is 28.9 Å². The van der Waals surface area contributed by atoms with Gasteiger partial charge in [-0.1, -0.05) is 41.4 Å². The Morgan fingerprint density at radius 3 is 2.30 bits per heavy atom. The first-order chi connectivity index (χ1) is 14.1. The molecule has 0 saturated heterocycles. The molecule has 2 N–H and O–H groups in total. The number of aromatic nitrogens is 1. The number of halogens is 2. The average molecular weight is 488 g/mol. The van der Waals surface area contributed by atoms with Crippen molar-refractivity contribution in [3.63, 3.8) is 0 Å². The Kier molecular flexibility index (Phi) is 6.41. The highest BCUT2D eigenvalue weighted by atomic mass is 35.5. The second-order valence-corrected chi connectivity index (χ2v) is 9.94. The number of rotatable bonds is 7. The lowest BCUT2D eigenvalue weighted by molar-refractivity contribution is 0.417. The van der Waals surface area contributed by atoms with Crippen LogP contribution in [0.4, 0.5) is 11.4 Å². The summed E-state index contributed by atoms with van der Waals surface area (Å²) in [6.07, 6.45) is 0. The number of para-hydroxylation sites is 2. The van der Waals surface area contributed by atoms with Crippen molar-refractivity contribution in [2.75, 3.05) is 16.6 Å². The van der Waals surface area contributed by atoms with Crippen LogP contribution in [0.25, 0.3) is 0 Å². The number of benzene rings is 2. The quantitative estimate of drug-likeness (QED) is 0.486. The molecule has 1 aromatic heterocycles. The number of methoxy groups -OCH3 is 1. The number of hydrogen-bond donors (Lipinski definition) is 2. The third kappa shape index (κ3) is 4.96. The predicted octanol–water partition coefficient (Wildman–Crippen LogP) is 4.00. The van der Waals surface area contributed by atoms with Gasteiger partial charge in [0.25, 0.3) is 20.0 Å². The van der Waals surface area contributed by atoms with Crippen LogP contribution in [0.15, 0.2) is 70.5 Å². The molecule has 30 heavy (non-hydrogen) atoms. The SMILES string of the molecule is COc1ccccc1NS(=O)(=O)c1cccc(NS(=O)(=O)c2ccc(Cl)nc2Cl)c1. The van der Waals surface area contributed by atoms with Crippen LogP contribution in [0.2, 0.25) is 10.3 Å². The number of hydrogen-bond acceptors (Lipinski definition) is 6. The summed E-state index contributed by atoms with van der Waals surface area (Å²) in [5.74, 6) is 0.336. The average Bonchev–Trinajstić information content (AvgIpc) is 2.67. The highest BCUT2D eigenvalue weighted by molar-refractivity contribution is 7.93. The summed E-state index contributed by atoms with van der Waals surface area (Å²) in [5, 5.41) is -0.272. The van der Waals surface area contributed by atoms with Crippen molar-refractivity contribution in [3.05, 3.63) is 71.0 Å². The summed E-state index contributed by atoms with van der Waals surface area (Å²) in [4.78, 5) is 3.24. The molecule has 3 rings (SSSR count). The molecule has 12 heteroatoms. The Balaban J connectivity index is 1.90. The molecule has 0 unspecified atom stereocenters. The van der Waals surface area contributed by atoms with Gasteiger partial charge in [-0.15, -0.1) is 0 Å². The molecule has 0 aliphatic heterocycles. The summed E-state index contributed by atoms with van der Waals surface area (Å²) in [6.45, 7) is 0. The third-order valence-corrected chi connectivity index (χ3v) is 7.20. The van der Waals surface area contributed by atoms with Crippen LogP contribution in [0, 0.1) is 0 Å². The zero-order chi connectivity index (χ0) is 21.9. The van der Waals surface area contributed by atoms with Crippen LogP contribution in [0.5, 0.6) is 5.75 Å². The van der Waals surface area contributed by atoms with Crippen molar-refractivity contribution in [3.8, 4) is 5.75 Å². The summed E-state index contributed by atoms with van der Waals surface area (Å²) < 4.78 is 60.6. The summed E-state index contributed by atoms with van der Waals surface area (Å²) in [5.41, 5.74) is 0.258. The summed E-state index contributed by atoms with van der Waals surface area (Å²) >= 11 is 11.6. The number of nitrogens with one attached hydrogen (secondary N) is 2. The molecule has 2 aromatic carbocycles. The lowest BCUT2D eigenvalue weighted by Crippen LogP contribution is -2.16. The molecule has 0 atom stereocenters. The van der Waals surface area contributed by atoms with Gasteiger partial charge in [0, 0.05) is 0 Å². The van der Waals surface area contributed by atoms with Crippen LogP contribution in [-0.2, 0) is 20.0 Å². The van der Waals surface area contributed by atoms with Crippen molar-refractivity contribution in [2.24, 2.45) is 0 Å². The summed E-state index contributed by atoms with van der Waals surface area (Å²) in [6, 6.07) is 14.3. The summed E-state index contributed by atoms with van der Waals surface area (Å²) in [7, 11) is -6.74. The van der Waals surface area contributed by atoms with E-state index >= 15 is 0 Å². The lowest BCUT2D eigenvalue weighted by Gasteiger charge is -2.13. The predicted molar refractivity (Wildman–Crippen MR) is 115 cm³/mol. The van der Waals surface area contributed by atoms with Crippen LogP contribution in [0.1, 0.15) is 0 Å². The normalized spacial score (nSPS) is 11.7. The van der Waals surface area contributed by atoms with Crippen molar-refractivity contribution < 1.29 is 21.6 Å². The number of pyridine rings is 1. The van der Waals surface area contributed by atoms with Gasteiger partial charge in [-0.2, -0.15) is 0 Å². The maximum absolute atomic E-state index is 12.8. The Hall–Kier alpha value is -2.53. The minimum Gasteiger partial charge on any atom is -0.495 e. The molecule has 0 aliphatic rings. The molecule has 0 bridgehead atoms. The molecule has 0 saturated carbocycles. The number of anilines is 2. The largest absolute Gasteiger partial charge is 0.495 e. The van der Waals surface area contributed by atoms with Gasteiger partial charge in [0.05, 0.1) is 23.4 Å². The van der Waals surface area contributed by atoms with E-state index < -0.39 is 20.0 Å². The van der Waals surface area contributed by atoms with Gasteiger partial charge in [-0.3, -0.25) is 9.44 Å². The Morgan fingerprint density at radius 2 is 1.60 bits per heavy atom. The van der Waals surface area contributed by atoms with Gasteiger partial charge < -0.3 is 4.74 Å². The number of ether oxygens (including phenoxy) is 1. The molecule has 0 spiro atoms. The van der Waals surface area contributed by atoms with Crippen molar-refractivity contribution >= 4 is 54.6 Å². The fraction of sp³-hybridized carbons (Fsp3) is 0.0556. The fourth-order valence-corrected chi connectivity index (χ4v) is 5.30. The maximum Gasteiger partial charge on any atom is 0.264 e. The van der Waals surface area contributed by atoms with E-state index in [0.29, 0.717) is 5.75 Å². The smallest absolute Gasteiger partial charge is 0.264 e. The third-order valence-electron chi connectivity index (χ3n) is 3.82. The van der Waals surface area contributed by atoms with E-state index in [-0.39, 0.29) is 31.5 Å². The van der Waals surface area contributed by atoms with Gasteiger partial charge in [0.1, 0.15) is 15.8 Å². The van der Waals surface area contributed by atoms with E-state index in [2.05, 4.69) is 14.4 Å². The fourth-order valence-electron chi connectivity index (χ4n) is 2.47. The Labute approximate surface area is 183 Å². The lowest BCUT2D eigenvalue weighted by atomic mass is 10.3. The van der Waals surface area contributed by atoms with Gasteiger partial charge in [0.15, 0.2) is 5.15 Å². The minimum absolute atomic E-state index is 0.0175. The van der Waals surface area contributed by atoms with Gasteiger partial charge >= 0.3 is 0 Å². The first-order valence-electron chi connectivity index (χ1n) is 8.23. The zero-order valence-corrected chi connectivity index (χ0v) is 18.5. The van der Waals surface area contributed by atoms with E-state index in [9.17, 15) is 16.8 Å². The Bertz CT molecular complexity index is 1300. The number of sulfonamides is 2. The van der Waals surface area contributed by atoms with Crippen molar-refractivity contribution in [1.29, 1.82) is 0 Å². The van der Waals surface area contributed by atoms with E-state index in [1.165, 1.54) is 43.5 Å². The zero-order valence-electron chi connectivity index (χ0n) is 15.3. The van der Waals surface area contributed by atoms with E-state index in [4.69, 9.17) is 27.9 Å². The number of nitrogens with zero attached hydrogens (tertiary/aromatic N) is 1. The second kappa shape index (κ2) is 8.68. The Morgan fingerprint density at radius 1 is 0.867 bits per heavy atom.